The predicted molar refractivity (Wildman–Crippen MR) is 122 cm³/mol. The van der Waals surface area contributed by atoms with E-state index >= 15 is 0 Å². The molecule has 0 aromatic rings. The summed E-state index contributed by atoms with van der Waals surface area (Å²) in [7, 11) is 0. The molecule has 0 aliphatic rings. The highest BCUT2D eigenvalue weighted by Gasteiger charge is 2.10. The molecule has 1 unspecified atom stereocenters. The molecule has 29 heavy (non-hydrogen) atoms. The van der Waals surface area contributed by atoms with E-state index in [1.165, 1.54) is 116 Å². The van der Waals surface area contributed by atoms with Gasteiger partial charge in [-0.15, -0.1) is 0 Å². The monoisotopic (exact) mass is 414 g/mol. The minimum Gasteiger partial charge on any atom is -0.458 e. The van der Waals surface area contributed by atoms with Crippen LogP contribution in [0, 0.1) is 0 Å². The van der Waals surface area contributed by atoms with E-state index in [-0.39, 0.29) is 19.2 Å². The van der Waals surface area contributed by atoms with Gasteiger partial charge in [0.15, 0.2) is 0 Å². The van der Waals surface area contributed by atoms with Crippen LogP contribution in [0.3, 0.4) is 0 Å². The third-order valence-corrected chi connectivity index (χ3v) is 5.48. The van der Waals surface area contributed by atoms with E-state index in [1.54, 1.807) is 0 Å². The molecule has 0 spiro atoms. The van der Waals surface area contributed by atoms with Gasteiger partial charge >= 0.3 is 5.97 Å². The summed E-state index contributed by atoms with van der Waals surface area (Å²) in [5.74, 6) is -0.374. The topological polar surface area (TPSA) is 55.8 Å². The predicted octanol–water partition coefficient (Wildman–Crippen LogP) is 6.97. The van der Waals surface area contributed by atoms with Crippen LogP contribution in [-0.4, -0.2) is 37.0 Å². The Balaban J connectivity index is 3.12. The molecule has 0 bridgehead atoms. The lowest BCUT2D eigenvalue weighted by Crippen LogP contribution is -2.26. The first-order chi connectivity index (χ1) is 14.2. The lowest BCUT2D eigenvalue weighted by Gasteiger charge is -2.14. The van der Waals surface area contributed by atoms with Crippen LogP contribution in [0.5, 0.6) is 0 Å². The summed E-state index contributed by atoms with van der Waals surface area (Å²) in [6.07, 6.45) is 24.1. The number of carbonyl (C=O) groups is 1. The summed E-state index contributed by atoms with van der Waals surface area (Å²) in [5, 5.41) is 9.08. The third kappa shape index (κ3) is 23.5. The zero-order valence-corrected chi connectivity index (χ0v) is 19.6. The standard InChI is InChI=1S/C25H50O4/c1-3-4-5-6-7-8-9-10-11-12-13-14-15-16-17-18-19-20-21-28-23-25(22-26)29-24(2)27/h25-26H,3-23H2,1-2H3. The summed E-state index contributed by atoms with van der Waals surface area (Å²) in [4.78, 5) is 10.8. The van der Waals surface area contributed by atoms with Crippen LogP contribution < -0.4 is 0 Å². The Morgan fingerprint density at radius 2 is 1.07 bits per heavy atom. The van der Waals surface area contributed by atoms with E-state index in [0.29, 0.717) is 6.61 Å². The van der Waals surface area contributed by atoms with Gasteiger partial charge < -0.3 is 14.6 Å². The molecular weight excluding hydrogens is 364 g/mol. The zero-order valence-electron chi connectivity index (χ0n) is 19.6. The third-order valence-electron chi connectivity index (χ3n) is 5.48. The van der Waals surface area contributed by atoms with Crippen LogP contribution in [0.15, 0.2) is 0 Å². The van der Waals surface area contributed by atoms with Crippen LogP contribution in [-0.2, 0) is 14.3 Å². The maximum Gasteiger partial charge on any atom is 0.303 e. The lowest BCUT2D eigenvalue weighted by molar-refractivity contribution is -0.152. The van der Waals surface area contributed by atoms with Gasteiger partial charge in [-0.2, -0.15) is 0 Å². The Bertz CT molecular complexity index is 333. The number of carbonyl (C=O) groups excluding carboxylic acids is 1. The maximum absolute atomic E-state index is 10.8. The van der Waals surface area contributed by atoms with E-state index in [0.717, 1.165) is 6.42 Å². The number of esters is 1. The van der Waals surface area contributed by atoms with Gasteiger partial charge in [-0.3, -0.25) is 4.79 Å². The summed E-state index contributed by atoms with van der Waals surface area (Å²) in [6, 6.07) is 0. The van der Waals surface area contributed by atoms with Gasteiger partial charge in [-0.25, -0.2) is 0 Å². The van der Waals surface area contributed by atoms with Crippen molar-refractivity contribution in [1.29, 1.82) is 0 Å². The molecule has 0 rings (SSSR count). The molecule has 0 radical (unpaired) electrons. The van der Waals surface area contributed by atoms with Gasteiger partial charge in [0.05, 0.1) is 13.2 Å². The Hall–Kier alpha value is -0.610. The average molecular weight is 415 g/mol. The number of aliphatic hydroxyl groups excluding tert-OH is 1. The number of unbranched alkanes of at least 4 members (excludes halogenated alkanes) is 17. The molecule has 0 saturated heterocycles. The van der Waals surface area contributed by atoms with Crippen LogP contribution in [0.25, 0.3) is 0 Å². The quantitative estimate of drug-likeness (QED) is 0.145. The Labute approximate surface area is 181 Å². The van der Waals surface area contributed by atoms with Crippen molar-refractivity contribution in [2.75, 3.05) is 19.8 Å². The second-order valence-corrected chi connectivity index (χ2v) is 8.50. The fourth-order valence-corrected chi connectivity index (χ4v) is 3.68. The molecule has 1 atom stereocenters. The SMILES string of the molecule is CCCCCCCCCCCCCCCCCCCCOCC(CO)OC(C)=O. The second-order valence-electron chi connectivity index (χ2n) is 8.50. The van der Waals surface area contributed by atoms with Crippen LogP contribution in [0.4, 0.5) is 0 Å². The van der Waals surface area contributed by atoms with Crippen molar-refractivity contribution >= 4 is 5.97 Å². The van der Waals surface area contributed by atoms with E-state index in [2.05, 4.69) is 6.92 Å². The largest absolute Gasteiger partial charge is 0.458 e. The highest BCUT2D eigenvalue weighted by Crippen LogP contribution is 2.14. The van der Waals surface area contributed by atoms with Crippen molar-refractivity contribution in [3.8, 4) is 0 Å². The first kappa shape index (κ1) is 28.4. The van der Waals surface area contributed by atoms with E-state index in [1.807, 2.05) is 0 Å². The number of hydrogen-bond acceptors (Lipinski definition) is 4. The average Bonchev–Trinajstić information content (AvgIpc) is 2.71. The molecule has 0 aromatic heterocycles. The van der Waals surface area contributed by atoms with Crippen molar-refractivity contribution in [2.45, 2.75) is 136 Å². The van der Waals surface area contributed by atoms with Gasteiger partial charge in [-0.1, -0.05) is 116 Å². The molecule has 0 aliphatic carbocycles. The molecule has 0 aromatic carbocycles. The number of hydrogen-bond donors (Lipinski definition) is 1. The minimum absolute atomic E-state index is 0.182. The van der Waals surface area contributed by atoms with Crippen molar-refractivity contribution in [3.63, 3.8) is 0 Å². The summed E-state index contributed by atoms with van der Waals surface area (Å²) < 4.78 is 10.4. The van der Waals surface area contributed by atoms with Gasteiger partial charge in [0.25, 0.3) is 0 Å². The summed E-state index contributed by atoms with van der Waals surface area (Å²) in [5.41, 5.74) is 0. The molecule has 0 fully saturated rings. The Kier molecular flexibility index (Phi) is 23.2. The Morgan fingerprint density at radius 3 is 1.41 bits per heavy atom. The second kappa shape index (κ2) is 23.7. The smallest absolute Gasteiger partial charge is 0.303 e. The molecule has 4 nitrogen and oxygen atoms in total. The van der Waals surface area contributed by atoms with E-state index < -0.39 is 6.10 Å². The molecular formula is C25H50O4. The molecule has 174 valence electrons. The molecule has 0 aliphatic heterocycles. The van der Waals surface area contributed by atoms with Gasteiger partial charge in [0.1, 0.15) is 6.10 Å². The maximum atomic E-state index is 10.8. The first-order valence-corrected chi connectivity index (χ1v) is 12.6. The van der Waals surface area contributed by atoms with Gasteiger partial charge in [0, 0.05) is 13.5 Å². The van der Waals surface area contributed by atoms with Crippen molar-refractivity contribution in [2.24, 2.45) is 0 Å². The van der Waals surface area contributed by atoms with Crippen LogP contribution >= 0.6 is 0 Å². The van der Waals surface area contributed by atoms with Crippen molar-refractivity contribution < 1.29 is 19.4 Å². The first-order valence-electron chi connectivity index (χ1n) is 12.6. The molecule has 0 saturated carbocycles. The normalized spacial score (nSPS) is 12.2. The fraction of sp³-hybridized carbons (Fsp3) is 0.960. The molecule has 4 heteroatoms. The zero-order chi connectivity index (χ0) is 21.4. The molecule has 0 amide bonds. The number of aliphatic hydroxyl groups is 1. The lowest BCUT2D eigenvalue weighted by atomic mass is 10.0. The van der Waals surface area contributed by atoms with Crippen molar-refractivity contribution in [3.05, 3.63) is 0 Å². The fourth-order valence-electron chi connectivity index (χ4n) is 3.68. The summed E-state index contributed by atoms with van der Waals surface area (Å²) in [6.45, 7) is 4.41. The van der Waals surface area contributed by atoms with Crippen LogP contribution in [0.2, 0.25) is 0 Å². The van der Waals surface area contributed by atoms with Gasteiger partial charge in [-0.05, 0) is 6.42 Å². The summed E-state index contributed by atoms with van der Waals surface area (Å²) >= 11 is 0. The van der Waals surface area contributed by atoms with E-state index in [4.69, 9.17) is 14.6 Å². The van der Waals surface area contributed by atoms with Crippen molar-refractivity contribution in [1.82, 2.24) is 0 Å². The van der Waals surface area contributed by atoms with Crippen LogP contribution in [0.1, 0.15) is 129 Å². The van der Waals surface area contributed by atoms with E-state index in [9.17, 15) is 4.79 Å². The molecule has 0 heterocycles. The number of ether oxygens (including phenoxy) is 2. The highest BCUT2D eigenvalue weighted by molar-refractivity contribution is 5.66. The highest BCUT2D eigenvalue weighted by atomic mass is 16.6. The Morgan fingerprint density at radius 1 is 0.690 bits per heavy atom. The molecule has 1 N–H and O–H groups in total. The van der Waals surface area contributed by atoms with Gasteiger partial charge in [0.2, 0.25) is 0 Å². The number of rotatable bonds is 23. The minimum atomic E-state index is -0.525.